The summed E-state index contributed by atoms with van der Waals surface area (Å²) in [6.07, 6.45) is 7.87. The first-order valence-electron chi connectivity index (χ1n) is 11.0. The third-order valence-corrected chi connectivity index (χ3v) is 6.52. The molecule has 1 aliphatic carbocycles. The average molecular weight is 426 g/mol. The number of aromatic nitrogens is 3. The lowest BCUT2D eigenvalue weighted by Crippen LogP contribution is -2.41. The minimum Gasteiger partial charge on any atom is -0.380 e. The predicted molar refractivity (Wildman–Crippen MR) is 121 cm³/mol. The van der Waals surface area contributed by atoms with Crippen LogP contribution in [0.3, 0.4) is 0 Å². The van der Waals surface area contributed by atoms with Crippen molar-refractivity contribution in [1.29, 1.82) is 0 Å². The fraction of sp³-hybridized carbons (Fsp3) is 0.478. The Morgan fingerprint density at radius 1 is 0.967 bits per heavy atom. The molecule has 0 atom stereocenters. The van der Waals surface area contributed by atoms with E-state index >= 15 is 0 Å². The summed E-state index contributed by atoms with van der Waals surface area (Å²) in [6, 6.07) is 13.4. The van der Waals surface area contributed by atoms with Gasteiger partial charge in [-0.25, -0.2) is 4.98 Å². The molecule has 3 aromatic rings. The Kier molecular flexibility index (Phi) is 5.88. The second-order valence-electron chi connectivity index (χ2n) is 8.25. The number of nitrogens with one attached hydrogen (secondary N) is 1. The van der Waals surface area contributed by atoms with Gasteiger partial charge in [0.05, 0.1) is 12.1 Å². The van der Waals surface area contributed by atoms with Gasteiger partial charge in [-0.05, 0) is 61.9 Å². The zero-order chi connectivity index (χ0) is 20.3. The Bertz CT molecular complexity index is 976. The number of rotatable bonds is 4. The van der Waals surface area contributed by atoms with Gasteiger partial charge < -0.3 is 14.6 Å². The maximum atomic E-state index is 6.25. The van der Waals surface area contributed by atoms with E-state index in [9.17, 15) is 0 Å². The van der Waals surface area contributed by atoms with Crippen LogP contribution in [-0.2, 0) is 4.74 Å². The molecule has 2 fully saturated rings. The molecule has 6 nitrogen and oxygen atoms in total. The topological polar surface area (TPSA) is 55.2 Å². The molecule has 1 saturated carbocycles. The van der Waals surface area contributed by atoms with Gasteiger partial charge in [0, 0.05) is 43.7 Å². The molecular formula is C23H28ClN5O. The number of nitrogens with zero attached hydrogens (tertiary/aromatic N) is 4. The van der Waals surface area contributed by atoms with Crippen LogP contribution in [0, 0.1) is 0 Å². The fourth-order valence-corrected chi connectivity index (χ4v) is 5.01. The van der Waals surface area contributed by atoms with Crippen molar-refractivity contribution in [2.24, 2.45) is 0 Å². The van der Waals surface area contributed by atoms with Gasteiger partial charge >= 0.3 is 0 Å². The summed E-state index contributed by atoms with van der Waals surface area (Å²) in [5.41, 5.74) is 2.94. The molecule has 1 N–H and O–H groups in total. The highest BCUT2D eigenvalue weighted by Crippen LogP contribution is 2.30. The van der Waals surface area contributed by atoms with Crippen molar-refractivity contribution in [3.63, 3.8) is 0 Å². The maximum absolute atomic E-state index is 6.25. The van der Waals surface area contributed by atoms with Crippen LogP contribution >= 0.6 is 11.6 Å². The summed E-state index contributed by atoms with van der Waals surface area (Å²) in [5, 5.41) is 3.98. The Morgan fingerprint density at radius 3 is 2.63 bits per heavy atom. The minimum atomic E-state index is 0.286. The molecule has 2 aromatic heterocycles. The smallest absolute Gasteiger partial charge is 0.225 e. The third-order valence-electron chi connectivity index (χ3n) is 6.35. The number of benzene rings is 1. The van der Waals surface area contributed by atoms with E-state index in [0.29, 0.717) is 12.1 Å². The Labute approximate surface area is 182 Å². The van der Waals surface area contributed by atoms with Crippen molar-refractivity contribution < 1.29 is 4.74 Å². The van der Waals surface area contributed by atoms with Crippen molar-refractivity contribution in [2.75, 3.05) is 31.6 Å². The van der Waals surface area contributed by atoms with E-state index in [1.165, 1.54) is 12.8 Å². The van der Waals surface area contributed by atoms with Crippen molar-refractivity contribution in [1.82, 2.24) is 19.4 Å². The quantitative estimate of drug-likeness (QED) is 0.623. The minimum absolute atomic E-state index is 0.286. The van der Waals surface area contributed by atoms with E-state index in [1.807, 2.05) is 30.5 Å². The van der Waals surface area contributed by atoms with Crippen LogP contribution < -0.4 is 5.32 Å². The summed E-state index contributed by atoms with van der Waals surface area (Å²) in [4.78, 5) is 11.6. The lowest BCUT2D eigenvalue weighted by molar-refractivity contribution is 0.119. The molecule has 1 aromatic carbocycles. The van der Waals surface area contributed by atoms with Crippen molar-refractivity contribution in [2.45, 2.75) is 44.2 Å². The highest BCUT2D eigenvalue weighted by Gasteiger charge is 2.27. The molecule has 7 heteroatoms. The SMILES string of the molecule is Clc1nc(N[C@H]2CC[C@H](N3CCCOCC3)CC2)c2c(ccn2-c2ccccc2)n1. The van der Waals surface area contributed by atoms with Gasteiger partial charge in [0.2, 0.25) is 5.28 Å². The summed E-state index contributed by atoms with van der Waals surface area (Å²) in [6.45, 7) is 4.00. The van der Waals surface area contributed by atoms with Gasteiger partial charge in [-0.15, -0.1) is 0 Å². The van der Waals surface area contributed by atoms with Gasteiger partial charge in [-0.3, -0.25) is 4.90 Å². The molecule has 0 radical (unpaired) electrons. The van der Waals surface area contributed by atoms with Crippen LogP contribution in [0.15, 0.2) is 42.6 Å². The lowest BCUT2D eigenvalue weighted by atomic mass is 9.90. The molecule has 1 aliphatic heterocycles. The highest BCUT2D eigenvalue weighted by molar-refractivity contribution is 6.28. The molecule has 0 bridgehead atoms. The van der Waals surface area contributed by atoms with Crippen molar-refractivity contribution >= 4 is 28.5 Å². The first-order valence-corrected chi connectivity index (χ1v) is 11.3. The number of para-hydroxylation sites is 1. The molecule has 158 valence electrons. The summed E-state index contributed by atoms with van der Waals surface area (Å²) < 4.78 is 7.76. The van der Waals surface area contributed by atoms with E-state index in [2.05, 4.69) is 36.9 Å². The Hall–Kier alpha value is -2.15. The largest absolute Gasteiger partial charge is 0.380 e. The van der Waals surface area contributed by atoms with Gasteiger partial charge in [0.25, 0.3) is 0 Å². The predicted octanol–water partition coefficient (Wildman–Crippen LogP) is 4.52. The number of anilines is 1. The summed E-state index contributed by atoms with van der Waals surface area (Å²) in [7, 11) is 0. The van der Waals surface area contributed by atoms with E-state index in [0.717, 1.165) is 68.1 Å². The first kappa shape index (κ1) is 19.8. The van der Waals surface area contributed by atoms with Gasteiger partial charge in [-0.2, -0.15) is 4.98 Å². The van der Waals surface area contributed by atoms with Crippen molar-refractivity contribution in [3.05, 3.63) is 47.9 Å². The monoisotopic (exact) mass is 425 g/mol. The average Bonchev–Trinajstić information content (AvgIpc) is 3.01. The second-order valence-corrected chi connectivity index (χ2v) is 8.59. The van der Waals surface area contributed by atoms with Gasteiger partial charge in [0.15, 0.2) is 5.82 Å². The zero-order valence-corrected chi connectivity index (χ0v) is 17.9. The maximum Gasteiger partial charge on any atom is 0.225 e. The molecule has 30 heavy (non-hydrogen) atoms. The van der Waals surface area contributed by atoms with E-state index in [4.69, 9.17) is 16.3 Å². The van der Waals surface area contributed by atoms with Crippen LogP contribution in [0.1, 0.15) is 32.1 Å². The molecule has 0 spiro atoms. The molecule has 3 heterocycles. The summed E-state index contributed by atoms with van der Waals surface area (Å²) in [5.74, 6) is 0.825. The molecule has 1 saturated heterocycles. The number of hydrogen-bond acceptors (Lipinski definition) is 5. The molecular weight excluding hydrogens is 398 g/mol. The van der Waals surface area contributed by atoms with Crippen LogP contribution in [0.5, 0.6) is 0 Å². The molecule has 0 unspecified atom stereocenters. The second kappa shape index (κ2) is 8.92. The highest BCUT2D eigenvalue weighted by atomic mass is 35.5. The van der Waals surface area contributed by atoms with E-state index in [-0.39, 0.29) is 5.28 Å². The Morgan fingerprint density at radius 2 is 1.80 bits per heavy atom. The van der Waals surface area contributed by atoms with Crippen LogP contribution in [0.25, 0.3) is 16.7 Å². The normalized spacial score (nSPS) is 23.4. The van der Waals surface area contributed by atoms with E-state index < -0.39 is 0 Å². The molecule has 0 amide bonds. The number of fused-ring (bicyclic) bond motifs is 1. The number of hydrogen-bond donors (Lipinski definition) is 1. The van der Waals surface area contributed by atoms with E-state index in [1.54, 1.807) is 0 Å². The van der Waals surface area contributed by atoms with Crippen LogP contribution in [0.2, 0.25) is 5.28 Å². The lowest BCUT2D eigenvalue weighted by Gasteiger charge is -2.36. The van der Waals surface area contributed by atoms with Gasteiger partial charge in [-0.1, -0.05) is 18.2 Å². The zero-order valence-electron chi connectivity index (χ0n) is 17.1. The Balaban J connectivity index is 1.34. The number of ether oxygens (including phenoxy) is 1. The van der Waals surface area contributed by atoms with Crippen LogP contribution in [0.4, 0.5) is 5.82 Å². The number of halogens is 1. The third kappa shape index (κ3) is 4.17. The summed E-state index contributed by atoms with van der Waals surface area (Å²) >= 11 is 6.25. The van der Waals surface area contributed by atoms with Crippen molar-refractivity contribution in [3.8, 4) is 5.69 Å². The fourth-order valence-electron chi connectivity index (χ4n) is 4.83. The van der Waals surface area contributed by atoms with Crippen LogP contribution in [-0.4, -0.2) is 57.8 Å². The first-order chi connectivity index (χ1) is 14.8. The standard InChI is InChI=1S/C23H28ClN5O/c24-23-26-20-11-13-29(19-5-2-1-3-6-19)21(20)22(27-23)25-17-7-9-18(10-8-17)28-12-4-15-30-16-14-28/h1-3,5-6,11,13,17-18H,4,7-10,12,14-16H2,(H,25,26,27)/t17-,18-. The molecule has 5 rings (SSSR count). The van der Waals surface area contributed by atoms with Gasteiger partial charge in [0.1, 0.15) is 5.52 Å². The molecule has 2 aliphatic rings.